The van der Waals surface area contributed by atoms with Crippen molar-refractivity contribution < 1.29 is 9.90 Å². The van der Waals surface area contributed by atoms with E-state index in [0.29, 0.717) is 18.0 Å². The highest BCUT2D eigenvalue weighted by Gasteiger charge is 2.23. The van der Waals surface area contributed by atoms with Crippen molar-refractivity contribution in [3.05, 3.63) is 33.8 Å². The van der Waals surface area contributed by atoms with Crippen molar-refractivity contribution in [1.82, 2.24) is 5.32 Å². The highest BCUT2D eigenvalue weighted by molar-refractivity contribution is 9.10. The molecule has 0 heterocycles. The first-order valence-electron chi connectivity index (χ1n) is 6.29. The Morgan fingerprint density at radius 1 is 1.50 bits per heavy atom. The molecule has 0 spiro atoms. The van der Waals surface area contributed by atoms with Crippen LogP contribution in [-0.4, -0.2) is 23.7 Å². The van der Waals surface area contributed by atoms with Crippen molar-refractivity contribution in [3.8, 4) is 0 Å². The van der Waals surface area contributed by atoms with Gasteiger partial charge in [0.2, 0.25) is 0 Å². The van der Waals surface area contributed by atoms with Crippen LogP contribution >= 0.6 is 15.9 Å². The highest BCUT2D eigenvalue weighted by atomic mass is 79.9. The van der Waals surface area contributed by atoms with Gasteiger partial charge in [0, 0.05) is 16.6 Å². The first-order chi connectivity index (χ1) is 8.58. The number of nitrogens with one attached hydrogen (secondary N) is 1. The zero-order valence-corrected chi connectivity index (χ0v) is 12.0. The summed E-state index contributed by atoms with van der Waals surface area (Å²) in [5, 5.41) is 12.4. The molecule has 1 aliphatic rings. The summed E-state index contributed by atoms with van der Waals surface area (Å²) < 4.78 is 0.950. The summed E-state index contributed by atoms with van der Waals surface area (Å²) in [4.78, 5) is 12.1. The van der Waals surface area contributed by atoms with Gasteiger partial charge in [0.05, 0.1) is 6.10 Å². The fourth-order valence-corrected chi connectivity index (χ4v) is 2.79. The average Bonchev–Trinajstić information content (AvgIpc) is 2.76. The Morgan fingerprint density at radius 2 is 2.28 bits per heavy atom. The maximum Gasteiger partial charge on any atom is 0.251 e. The molecule has 18 heavy (non-hydrogen) atoms. The molecular formula is C14H18BrNO2. The summed E-state index contributed by atoms with van der Waals surface area (Å²) in [5.74, 6) is 0.381. The van der Waals surface area contributed by atoms with E-state index in [1.54, 1.807) is 0 Å². The van der Waals surface area contributed by atoms with Gasteiger partial charge in [-0.25, -0.2) is 0 Å². The standard InChI is InChI=1S/C14H18BrNO2/c1-9-12(3-2-4-13(9)15)14(18)16-8-10-5-6-11(17)7-10/h2-4,10-11,17H,5-8H2,1H3,(H,16,18). The van der Waals surface area contributed by atoms with Gasteiger partial charge in [-0.2, -0.15) is 0 Å². The molecule has 1 aromatic rings. The number of benzene rings is 1. The number of rotatable bonds is 3. The van der Waals surface area contributed by atoms with Crippen LogP contribution < -0.4 is 5.32 Å². The SMILES string of the molecule is Cc1c(Br)cccc1C(=O)NCC1CCC(O)C1. The molecule has 98 valence electrons. The Kier molecular flexibility index (Phi) is 4.40. The minimum absolute atomic E-state index is 0.0322. The summed E-state index contributed by atoms with van der Waals surface area (Å²) in [7, 11) is 0. The normalized spacial score (nSPS) is 23.1. The van der Waals surface area contributed by atoms with Gasteiger partial charge in [0.25, 0.3) is 5.91 Å². The Bertz CT molecular complexity index is 447. The predicted molar refractivity (Wildman–Crippen MR) is 74.6 cm³/mol. The van der Waals surface area contributed by atoms with Gasteiger partial charge in [-0.15, -0.1) is 0 Å². The van der Waals surface area contributed by atoms with E-state index in [4.69, 9.17) is 0 Å². The van der Waals surface area contributed by atoms with Crippen LogP contribution in [0.5, 0.6) is 0 Å². The van der Waals surface area contributed by atoms with Gasteiger partial charge in [-0.05, 0) is 49.8 Å². The molecule has 2 rings (SSSR count). The molecule has 0 aliphatic heterocycles. The number of carbonyl (C=O) groups excluding carboxylic acids is 1. The molecule has 4 heteroatoms. The van der Waals surface area contributed by atoms with Crippen LogP contribution in [0.15, 0.2) is 22.7 Å². The van der Waals surface area contributed by atoms with E-state index in [2.05, 4.69) is 21.2 Å². The van der Waals surface area contributed by atoms with E-state index in [9.17, 15) is 9.90 Å². The molecule has 1 aromatic carbocycles. The number of hydrogen-bond acceptors (Lipinski definition) is 2. The maximum absolute atomic E-state index is 12.1. The molecule has 1 saturated carbocycles. The third kappa shape index (κ3) is 3.12. The fourth-order valence-electron chi connectivity index (χ4n) is 2.42. The van der Waals surface area contributed by atoms with Crippen LogP contribution in [-0.2, 0) is 0 Å². The molecule has 0 bridgehead atoms. The molecule has 1 fully saturated rings. The molecule has 2 atom stereocenters. The first kappa shape index (κ1) is 13.6. The maximum atomic E-state index is 12.1. The second-order valence-electron chi connectivity index (χ2n) is 4.96. The van der Waals surface area contributed by atoms with Crippen molar-refractivity contribution >= 4 is 21.8 Å². The van der Waals surface area contributed by atoms with E-state index in [1.165, 1.54) is 0 Å². The van der Waals surface area contributed by atoms with Crippen molar-refractivity contribution in [2.75, 3.05) is 6.54 Å². The van der Waals surface area contributed by atoms with Crippen LogP contribution in [0.3, 0.4) is 0 Å². The smallest absolute Gasteiger partial charge is 0.251 e. The van der Waals surface area contributed by atoms with E-state index < -0.39 is 0 Å². The summed E-state index contributed by atoms with van der Waals surface area (Å²) >= 11 is 3.43. The third-order valence-corrected chi connectivity index (χ3v) is 4.44. The number of aliphatic hydroxyl groups is 1. The number of halogens is 1. The first-order valence-corrected chi connectivity index (χ1v) is 7.08. The molecule has 3 nitrogen and oxygen atoms in total. The minimum Gasteiger partial charge on any atom is -0.393 e. The minimum atomic E-state index is -0.181. The Hall–Kier alpha value is -0.870. The van der Waals surface area contributed by atoms with Gasteiger partial charge in [-0.1, -0.05) is 22.0 Å². The van der Waals surface area contributed by atoms with Crippen molar-refractivity contribution in [3.63, 3.8) is 0 Å². The van der Waals surface area contributed by atoms with Gasteiger partial charge in [-0.3, -0.25) is 4.79 Å². The largest absolute Gasteiger partial charge is 0.393 e. The summed E-state index contributed by atoms with van der Waals surface area (Å²) in [6.45, 7) is 2.58. The molecule has 1 amide bonds. The Morgan fingerprint density at radius 3 is 2.94 bits per heavy atom. The lowest BCUT2D eigenvalue weighted by molar-refractivity contribution is 0.0944. The van der Waals surface area contributed by atoms with Gasteiger partial charge in [0.15, 0.2) is 0 Å². The van der Waals surface area contributed by atoms with Crippen LogP contribution in [0.1, 0.15) is 35.2 Å². The lowest BCUT2D eigenvalue weighted by Gasteiger charge is -2.12. The summed E-state index contributed by atoms with van der Waals surface area (Å²) in [6, 6.07) is 5.63. The molecule has 0 aromatic heterocycles. The average molecular weight is 312 g/mol. The Balaban J connectivity index is 1.94. The lowest BCUT2D eigenvalue weighted by atomic mass is 10.1. The highest BCUT2D eigenvalue weighted by Crippen LogP contribution is 2.25. The molecule has 1 aliphatic carbocycles. The van der Waals surface area contributed by atoms with Crippen LogP contribution in [0.2, 0.25) is 0 Å². The van der Waals surface area contributed by atoms with Gasteiger partial charge >= 0.3 is 0 Å². The van der Waals surface area contributed by atoms with E-state index in [-0.39, 0.29) is 12.0 Å². The van der Waals surface area contributed by atoms with E-state index >= 15 is 0 Å². The monoisotopic (exact) mass is 311 g/mol. The van der Waals surface area contributed by atoms with E-state index in [1.807, 2.05) is 25.1 Å². The summed E-state index contributed by atoms with van der Waals surface area (Å²) in [5.41, 5.74) is 1.67. The number of aliphatic hydroxyl groups excluding tert-OH is 1. The summed E-state index contributed by atoms with van der Waals surface area (Å²) in [6.07, 6.45) is 2.48. The zero-order chi connectivity index (χ0) is 13.1. The quantitative estimate of drug-likeness (QED) is 0.901. The third-order valence-electron chi connectivity index (χ3n) is 3.58. The van der Waals surface area contributed by atoms with Gasteiger partial charge < -0.3 is 10.4 Å². The van der Waals surface area contributed by atoms with Crippen molar-refractivity contribution in [2.24, 2.45) is 5.92 Å². The van der Waals surface area contributed by atoms with Crippen LogP contribution in [0.4, 0.5) is 0 Å². The molecular weight excluding hydrogens is 294 g/mol. The van der Waals surface area contributed by atoms with Gasteiger partial charge in [0.1, 0.15) is 0 Å². The fraction of sp³-hybridized carbons (Fsp3) is 0.500. The van der Waals surface area contributed by atoms with Crippen molar-refractivity contribution in [1.29, 1.82) is 0 Å². The molecule has 2 N–H and O–H groups in total. The number of hydrogen-bond donors (Lipinski definition) is 2. The van der Waals surface area contributed by atoms with E-state index in [0.717, 1.165) is 29.3 Å². The lowest BCUT2D eigenvalue weighted by Crippen LogP contribution is -2.29. The molecule has 0 saturated heterocycles. The topological polar surface area (TPSA) is 49.3 Å². The number of amides is 1. The van der Waals surface area contributed by atoms with Crippen LogP contribution in [0, 0.1) is 12.8 Å². The number of carbonyl (C=O) groups is 1. The molecule has 0 radical (unpaired) electrons. The second kappa shape index (κ2) is 5.85. The zero-order valence-electron chi connectivity index (χ0n) is 10.4. The van der Waals surface area contributed by atoms with Crippen LogP contribution in [0.25, 0.3) is 0 Å². The van der Waals surface area contributed by atoms with Crippen molar-refractivity contribution in [2.45, 2.75) is 32.3 Å². The Labute approximate surface area is 116 Å². The predicted octanol–water partition coefficient (Wildman–Crippen LogP) is 2.65. The second-order valence-corrected chi connectivity index (χ2v) is 5.81. The molecule has 2 unspecified atom stereocenters.